The van der Waals surface area contributed by atoms with E-state index in [-0.39, 0.29) is 17.6 Å². The number of rotatable bonds is 7. The summed E-state index contributed by atoms with van der Waals surface area (Å²) in [6.07, 6.45) is 2.42. The van der Waals surface area contributed by atoms with E-state index in [9.17, 15) is 14.0 Å². The number of carbonyl (C=O) groups is 2. The summed E-state index contributed by atoms with van der Waals surface area (Å²) in [5, 5.41) is 5.43. The highest BCUT2D eigenvalue weighted by Gasteiger charge is 2.21. The lowest BCUT2D eigenvalue weighted by atomic mass is 10.1. The van der Waals surface area contributed by atoms with E-state index in [1.165, 1.54) is 6.07 Å². The molecule has 132 valence electrons. The SMILES string of the molecule is CSCC[C@H](NC(=O)c1ccccc1)C(=O)Nc1ccc(C)c(F)c1. The largest absolute Gasteiger partial charge is 0.340 e. The summed E-state index contributed by atoms with van der Waals surface area (Å²) in [5.74, 6) is -0.333. The van der Waals surface area contributed by atoms with Gasteiger partial charge in [-0.3, -0.25) is 9.59 Å². The minimum Gasteiger partial charge on any atom is -0.340 e. The maximum absolute atomic E-state index is 13.6. The Morgan fingerprint density at radius 1 is 1.16 bits per heavy atom. The zero-order valence-corrected chi connectivity index (χ0v) is 15.0. The number of hydrogen-bond acceptors (Lipinski definition) is 3. The summed E-state index contributed by atoms with van der Waals surface area (Å²) in [6.45, 7) is 1.66. The Morgan fingerprint density at radius 3 is 2.52 bits per heavy atom. The molecule has 0 spiro atoms. The van der Waals surface area contributed by atoms with Gasteiger partial charge in [-0.2, -0.15) is 11.8 Å². The van der Waals surface area contributed by atoms with E-state index in [1.807, 2.05) is 12.3 Å². The lowest BCUT2D eigenvalue weighted by Crippen LogP contribution is -2.44. The van der Waals surface area contributed by atoms with Crippen LogP contribution in [0.4, 0.5) is 10.1 Å². The molecule has 1 atom stereocenters. The molecule has 0 aromatic heterocycles. The first-order valence-electron chi connectivity index (χ1n) is 7.93. The molecule has 0 radical (unpaired) electrons. The van der Waals surface area contributed by atoms with Gasteiger partial charge in [-0.1, -0.05) is 24.3 Å². The van der Waals surface area contributed by atoms with Gasteiger partial charge in [-0.05, 0) is 55.2 Å². The van der Waals surface area contributed by atoms with Crippen LogP contribution in [0.5, 0.6) is 0 Å². The Labute approximate surface area is 151 Å². The van der Waals surface area contributed by atoms with Gasteiger partial charge in [-0.15, -0.1) is 0 Å². The Morgan fingerprint density at radius 2 is 1.88 bits per heavy atom. The van der Waals surface area contributed by atoms with Crippen LogP contribution in [0.25, 0.3) is 0 Å². The molecule has 0 bridgehead atoms. The second-order valence-electron chi connectivity index (χ2n) is 5.63. The Balaban J connectivity index is 2.08. The minimum atomic E-state index is -0.690. The van der Waals surface area contributed by atoms with Crippen LogP contribution in [0.15, 0.2) is 48.5 Å². The molecule has 2 rings (SSSR count). The fourth-order valence-corrected chi connectivity index (χ4v) is 2.71. The highest BCUT2D eigenvalue weighted by Crippen LogP contribution is 2.14. The van der Waals surface area contributed by atoms with E-state index in [0.29, 0.717) is 23.2 Å². The molecule has 0 saturated heterocycles. The van der Waals surface area contributed by atoms with Crippen LogP contribution in [0, 0.1) is 12.7 Å². The molecule has 2 aromatic carbocycles. The molecule has 0 unspecified atom stereocenters. The summed E-state index contributed by atoms with van der Waals surface area (Å²) in [6, 6.07) is 12.6. The summed E-state index contributed by atoms with van der Waals surface area (Å²) >= 11 is 1.59. The molecule has 2 aromatic rings. The maximum Gasteiger partial charge on any atom is 0.251 e. The van der Waals surface area contributed by atoms with Crippen molar-refractivity contribution < 1.29 is 14.0 Å². The number of aryl methyl sites for hydroxylation is 1. The van der Waals surface area contributed by atoms with Gasteiger partial charge in [0.25, 0.3) is 5.91 Å². The monoisotopic (exact) mass is 360 g/mol. The van der Waals surface area contributed by atoms with Crippen LogP contribution in [-0.2, 0) is 4.79 Å². The minimum absolute atomic E-state index is 0.308. The van der Waals surface area contributed by atoms with Gasteiger partial charge in [0.15, 0.2) is 0 Å². The van der Waals surface area contributed by atoms with Gasteiger partial charge in [0.1, 0.15) is 11.9 Å². The van der Waals surface area contributed by atoms with Crippen LogP contribution in [0.2, 0.25) is 0 Å². The first-order chi connectivity index (χ1) is 12.0. The van der Waals surface area contributed by atoms with Crippen LogP contribution in [0.3, 0.4) is 0 Å². The number of halogens is 1. The second kappa shape index (κ2) is 9.22. The molecule has 0 aliphatic rings. The molecular formula is C19H21FN2O2S. The van der Waals surface area contributed by atoms with Gasteiger partial charge >= 0.3 is 0 Å². The zero-order valence-electron chi connectivity index (χ0n) is 14.2. The van der Waals surface area contributed by atoms with Crippen molar-refractivity contribution in [2.75, 3.05) is 17.3 Å². The predicted octanol–water partition coefficient (Wildman–Crippen LogP) is 3.62. The molecular weight excluding hydrogens is 339 g/mol. The molecule has 0 fully saturated rings. The quantitative estimate of drug-likeness (QED) is 0.793. The van der Waals surface area contributed by atoms with Crippen molar-refractivity contribution in [2.24, 2.45) is 0 Å². The number of anilines is 1. The smallest absolute Gasteiger partial charge is 0.251 e. The second-order valence-corrected chi connectivity index (χ2v) is 6.61. The van der Waals surface area contributed by atoms with Gasteiger partial charge in [0.05, 0.1) is 0 Å². The molecule has 2 amide bonds. The Hall–Kier alpha value is -2.34. The number of carbonyl (C=O) groups excluding carboxylic acids is 2. The molecule has 0 aliphatic carbocycles. The first kappa shape index (κ1) is 19.0. The van der Waals surface area contributed by atoms with Crippen molar-refractivity contribution >= 4 is 29.3 Å². The molecule has 0 saturated carbocycles. The lowest BCUT2D eigenvalue weighted by molar-refractivity contribution is -0.118. The fourth-order valence-electron chi connectivity index (χ4n) is 2.24. The summed E-state index contributed by atoms with van der Waals surface area (Å²) in [7, 11) is 0. The molecule has 2 N–H and O–H groups in total. The van der Waals surface area contributed by atoms with E-state index in [4.69, 9.17) is 0 Å². The average Bonchev–Trinajstić information content (AvgIpc) is 2.62. The highest BCUT2D eigenvalue weighted by atomic mass is 32.2. The van der Waals surface area contributed by atoms with E-state index >= 15 is 0 Å². The van der Waals surface area contributed by atoms with Gasteiger partial charge in [0, 0.05) is 11.3 Å². The van der Waals surface area contributed by atoms with Crippen molar-refractivity contribution in [1.82, 2.24) is 5.32 Å². The van der Waals surface area contributed by atoms with Crippen molar-refractivity contribution in [3.05, 3.63) is 65.5 Å². The highest BCUT2D eigenvalue weighted by molar-refractivity contribution is 7.98. The van der Waals surface area contributed by atoms with E-state index in [0.717, 1.165) is 5.75 Å². The molecule has 25 heavy (non-hydrogen) atoms. The molecule has 0 aliphatic heterocycles. The van der Waals surface area contributed by atoms with E-state index < -0.39 is 6.04 Å². The summed E-state index contributed by atoms with van der Waals surface area (Å²) in [5.41, 5.74) is 1.37. The number of benzene rings is 2. The maximum atomic E-state index is 13.6. The number of nitrogens with one attached hydrogen (secondary N) is 2. The van der Waals surface area contributed by atoms with Crippen molar-refractivity contribution in [3.63, 3.8) is 0 Å². The van der Waals surface area contributed by atoms with Crippen molar-refractivity contribution in [1.29, 1.82) is 0 Å². The summed E-state index contributed by atoms with van der Waals surface area (Å²) in [4.78, 5) is 24.8. The third-order valence-electron chi connectivity index (χ3n) is 3.71. The average molecular weight is 360 g/mol. The molecule has 6 heteroatoms. The predicted molar refractivity (Wildman–Crippen MR) is 100 cm³/mol. The number of amides is 2. The lowest BCUT2D eigenvalue weighted by Gasteiger charge is -2.18. The van der Waals surface area contributed by atoms with E-state index in [1.54, 1.807) is 55.1 Å². The van der Waals surface area contributed by atoms with Gasteiger partial charge in [-0.25, -0.2) is 4.39 Å². The normalized spacial score (nSPS) is 11.6. The Bertz CT molecular complexity index is 737. The van der Waals surface area contributed by atoms with E-state index in [2.05, 4.69) is 10.6 Å². The Kier molecular flexibility index (Phi) is 7.01. The van der Waals surface area contributed by atoms with Gasteiger partial charge < -0.3 is 10.6 Å². The topological polar surface area (TPSA) is 58.2 Å². The summed E-state index contributed by atoms with van der Waals surface area (Å²) < 4.78 is 13.6. The van der Waals surface area contributed by atoms with Crippen molar-refractivity contribution in [3.8, 4) is 0 Å². The van der Waals surface area contributed by atoms with Crippen LogP contribution in [0.1, 0.15) is 22.3 Å². The number of hydrogen-bond donors (Lipinski definition) is 2. The standard InChI is InChI=1S/C19H21FN2O2S/c1-13-8-9-15(12-16(13)20)21-19(24)17(10-11-25-2)22-18(23)14-6-4-3-5-7-14/h3-9,12,17H,10-11H2,1-2H3,(H,21,24)(H,22,23)/t17-/m0/s1. The molecule has 0 heterocycles. The zero-order chi connectivity index (χ0) is 18.2. The number of thioether (sulfide) groups is 1. The first-order valence-corrected chi connectivity index (χ1v) is 9.32. The van der Waals surface area contributed by atoms with Gasteiger partial charge in [0.2, 0.25) is 5.91 Å². The van der Waals surface area contributed by atoms with Crippen LogP contribution < -0.4 is 10.6 Å². The fraction of sp³-hybridized carbons (Fsp3) is 0.263. The van der Waals surface area contributed by atoms with Crippen LogP contribution in [-0.4, -0.2) is 29.9 Å². The third kappa shape index (κ3) is 5.60. The van der Waals surface area contributed by atoms with Crippen LogP contribution >= 0.6 is 11.8 Å². The third-order valence-corrected chi connectivity index (χ3v) is 4.35. The van der Waals surface area contributed by atoms with Crippen molar-refractivity contribution in [2.45, 2.75) is 19.4 Å². The molecule has 4 nitrogen and oxygen atoms in total.